The highest BCUT2D eigenvalue weighted by atomic mass is 79.9. The SMILES string of the molecule is CCN(CC)C[C@H]1[C@@H](O)[C@@]2(O)C3=C(OC)N=C(OC)CC3O[C@@]2(c2ccc(Br)cc2)[C@@H]1c1ccccc1. The molecule has 2 heterocycles. The summed E-state index contributed by atoms with van der Waals surface area (Å²) in [6, 6.07) is 17.9. The number of hydrogen-bond acceptors (Lipinski definition) is 7. The number of aliphatic imine (C=N–C) groups is 1. The predicted molar refractivity (Wildman–Crippen MR) is 145 cm³/mol. The van der Waals surface area contributed by atoms with E-state index in [1.54, 1.807) is 7.11 Å². The fourth-order valence-electron chi connectivity index (χ4n) is 6.70. The molecule has 198 valence electrons. The molecule has 7 nitrogen and oxygen atoms in total. The minimum atomic E-state index is -1.78. The van der Waals surface area contributed by atoms with Gasteiger partial charge in [0.1, 0.15) is 5.60 Å². The Balaban J connectivity index is 1.81. The summed E-state index contributed by atoms with van der Waals surface area (Å²) < 4.78 is 19.1. The highest BCUT2D eigenvalue weighted by molar-refractivity contribution is 9.10. The molecule has 37 heavy (non-hydrogen) atoms. The Labute approximate surface area is 226 Å². The number of nitrogens with zero attached hydrogens (tertiary/aromatic N) is 2. The van der Waals surface area contributed by atoms with Crippen molar-refractivity contribution in [1.29, 1.82) is 0 Å². The fourth-order valence-corrected chi connectivity index (χ4v) is 6.97. The van der Waals surface area contributed by atoms with Crippen molar-refractivity contribution in [3.05, 3.63) is 81.7 Å². The van der Waals surface area contributed by atoms with Crippen LogP contribution >= 0.6 is 15.9 Å². The zero-order valence-corrected chi connectivity index (χ0v) is 23.3. The normalized spacial score (nSPS) is 32.8. The molecule has 5 rings (SSSR count). The number of rotatable bonds is 7. The van der Waals surface area contributed by atoms with Gasteiger partial charge in [-0.15, -0.1) is 0 Å². The van der Waals surface area contributed by atoms with Crippen molar-refractivity contribution in [2.75, 3.05) is 33.9 Å². The molecule has 0 radical (unpaired) electrons. The smallest absolute Gasteiger partial charge is 0.220 e. The van der Waals surface area contributed by atoms with Gasteiger partial charge in [0.2, 0.25) is 5.88 Å². The van der Waals surface area contributed by atoms with E-state index in [2.05, 4.69) is 51.8 Å². The molecule has 0 spiro atoms. The maximum absolute atomic E-state index is 12.9. The number of aliphatic hydroxyl groups is 2. The molecule has 1 aliphatic carbocycles. The predicted octanol–water partition coefficient (Wildman–Crippen LogP) is 4.20. The number of fused-ring (bicyclic) bond motifs is 3. The number of benzene rings is 2. The number of ether oxygens (including phenoxy) is 3. The number of methoxy groups -OCH3 is 2. The Morgan fingerprint density at radius 2 is 1.73 bits per heavy atom. The van der Waals surface area contributed by atoms with E-state index in [-0.39, 0.29) is 17.7 Å². The second kappa shape index (κ2) is 10.2. The third-order valence-electron chi connectivity index (χ3n) is 8.37. The van der Waals surface area contributed by atoms with Crippen molar-refractivity contribution in [3.63, 3.8) is 0 Å². The van der Waals surface area contributed by atoms with Gasteiger partial charge in [-0.05, 0) is 36.3 Å². The van der Waals surface area contributed by atoms with Gasteiger partial charge in [-0.2, -0.15) is 4.99 Å². The largest absolute Gasteiger partial charge is 0.484 e. The monoisotopic (exact) mass is 570 g/mol. The first-order valence-electron chi connectivity index (χ1n) is 12.9. The Hall–Kier alpha value is -2.23. The third-order valence-corrected chi connectivity index (χ3v) is 8.90. The van der Waals surface area contributed by atoms with Gasteiger partial charge < -0.3 is 29.3 Å². The van der Waals surface area contributed by atoms with E-state index < -0.39 is 23.4 Å². The van der Waals surface area contributed by atoms with Crippen LogP contribution in [0.3, 0.4) is 0 Å². The van der Waals surface area contributed by atoms with E-state index in [0.717, 1.165) is 28.7 Å². The first-order chi connectivity index (χ1) is 17.8. The Kier molecular flexibility index (Phi) is 7.24. The molecular weight excluding hydrogens is 536 g/mol. The van der Waals surface area contributed by atoms with E-state index in [1.807, 2.05) is 42.5 Å². The van der Waals surface area contributed by atoms with E-state index in [9.17, 15) is 10.2 Å². The Bertz CT molecular complexity index is 1180. The van der Waals surface area contributed by atoms with Gasteiger partial charge >= 0.3 is 0 Å². The standard InChI is InChI=1S/C29H35BrN2O5/c1-5-32(6-2)17-21-24(18-10-8-7-9-11-18)29(19-12-14-20(30)15-13-19)28(34,26(21)33)25-22(37-29)16-23(35-3)31-27(25)36-4/h7-15,21-22,24,26,33-34H,5-6,16-17H2,1-4H3/t21-,22?,24-,26-,28+,29+/m1/s1. The van der Waals surface area contributed by atoms with Crippen molar-refractivity contribution < 1.29 is 24.4 Å². The highest BCUT2D eigenvalue weighted by Crippen LogP contribution is 2.68. The average molecular weight is 572 g/mol. The summed E-state index contributed by atoms with van der Waals surface area (Å²) in [6.07, 6.45) is -1.36. The molecule has 1 unspecified atom stereocenters. The van der Waals surface area contributed by atoms with Crippen LogP contribution in [0.5, 0.6) is 0 Å². The highest BCUT2D eigenvalue weighted by Gasteiger charge is 2.78. The van der Waals surface area contributed by atoms with E-state index in [0.29, 0.717) is 24.4 Å². The third kappa shape index (κ3) is 3.88. The molecule has 8 heteroatoms. The van der Waals surface area contributed by atoms with Gasteiger partial charge in [0.05, 0.1) is 38.4 Å². The first kappa shape index (κ1) is 26.4. The second-order valence-electron chi connectivity index (χ2n) is 9.94. The molecule has 2 fully saturated rings. The van der Waals surface area contributed by atoms with Gasteiger partial charge in [0.25, 0.3) is 0 Å². The molecule has 2 aliphatic heterocycles. The summed E-state index contributed by atoms with van der Waals surface area (Å²) in [6.45, 7) is 6.50. The lowest BCUT2D eigenvalue weighted by molar-refractivity contribution is -0.149. The Morgan fingerprint density at radius 1 is 1.05 bits per heavy atom. The lowest BCUT2D eigenvalue weighted by Gasteiger charge is -2.41. The van der Waals surface area contributed by atoms with E-state index in [4.69, 9.17) is 14.2 Å². The van der Waals surface area contributed by atoms with E-state index in [1.165, 1.54) is 7.11 Å². The summed E-state index contributed by atoms with van der Waals surface area (Å²) in [5, 5.41) is 25.1. The van der Waals surface area contributed by atoms with E-state index >= 15 is 0 Å². The van der Waals surface area contributed by atoms with Gasteiger partial charge in [-0.3, -0.25) is 0 Å². The molecule has 0 amide bonds. The molecule has 2 aromatic carbocycles. The summed E-state index contributed by atoms with van der Waals surface area (Å²) >= 11 is 3.55. The van der Waals surface area contributed by atoms with Gasteiger partial charge in [0, 0.05) is 22.9 Å². The molecule has 1 saturated heterocycles. The Morgan fingerprint density at radius 3 is 2.32 bits per heavy atom. The second-order valence-corrected chi connectivity index (χ2v) is 10.9. The maximum Gasteiger partial charge on any atom is 0.220 e. The summed E-state index contributed by atoms with van der Waals surface area (Å²) in [5.74, 6) is 0.0301. The molecule has 1 saturated carbocycles. The van der Waals surface area contributed by atoms with Crippen LogP contribution in [0.4, 0.5) is 0 Å². The molecule has 0 aromatic heterocycles. The zero-order chi connectivity index (χ0) is 26.4. The molecule has 3 aliphatic rings. The quantitative estimate of drug-likeness (QED) is 0.519. The number of hydrogen-bond donors (Lipinski definition) is 2. The van der Waals surface area contributed by atoms with Crippen LogP contribution in [0.25, 0.3) is 0 Å². The molecule has 2 aromatic rings. The summed E-state index contributed by atoms with van der Waals surface area (Å²) in [4.78, 5) is 6.83. The lowest BCUT2D eigenvalue weighted by Crippen LogP contribution is -2.53. The van der Waals surface area contributed by atoms with Crippen LogP contribution in [0.2, 0.25) is 0 Å². The summed E-state index contributed by atoms with van der Waals surface area (Å²) in [7, 11) is 3.09. The molecule has 6 atom stereocenters. The van der Waals surface area contributed by atoms with Crippen LogP contribution in [-0.2, 0) is 19.8 Å². The first-order valence-corrected chi connectivity index (χ1v) is 13.7. The van der Waals surface area contributed by atoms with Crippen LogP contribution in [0.1, 0.15) is 37.3 Å². The van der Waals surface area contributed by atoms with Gasteiger partial charge in [-0.25, -0.2) is 0 Å². The maximum atomic E-state index is 12.9. The van der Waals surface area contributed by atoms with Crippen molar-refractivity contribution >= 4 is 21.8 Å². The van der Waals surface area contributed by atoms with Crippen molar-refractivity contribution in [3.8, 4) is 0 Å². The molecule has 2 N–H and O–H groups in total. The van der Waals surface area contributed by atoms with Crippen molar-refractivity contribution in [1.82, 2.24) is 4.90 Å². The van der Waals surface area contributed by atoms with Crippen LogP contribution in [0, 0.1) is 5.92 Å². The van der Waals surface area contributed by atoms with Crippen LogP contribution in [-0.4, -0.2) is 72.7 Å². The average Bonchev–Trinajstić information content (AvgIpc) is 3.29. The van der Waals surface area contributed by atoms with Gasteiger partial charge in [-0.1, -0.05) is 72.2 Å². The van der Waals surface area contributed by atoms with Crippen LogP contribution < -0.4 is 0 Å². The van der Waals surface area contributed by atoms with Gasteiger partial charge in [0.15, 0.2) is 11.5 Å². The topological polar surface area (TPSA) is 83.8 Å². The van der Waals surface area contributed by atoms with Crippen molar-refractivity contribution in [2.24, 2.45) is 10.9 Å². The number of halogens is 1. The lowest BCUT2D eigenvalue weighted by atomic mass is 9.70. The minimum Gasteiger partial charge on any atom is -0.484 e. The molecule has 0 bridgehead atoms. The van der Waals surface area contributed by atoms with Crippen LogP contribution in [0.15, 0.2) is 75.5 Å². The zero-order valence-electron chi connectivity index (χ0n) is 21.7. The minimum absolute atomic E-state index is 0.240. The summed E-state index contributed by atoms with van der Waals surface area (Å²) in [5.41, 5.74) is -0.783. The fraction of sp³-hybridized carbons (Fsp3) is 0.483. The molecular formula is C29H35BrN2O5. The number of aliphatic hydroxyl groups excluding tert-OH is 1. The van der Waals surface area contributed by atoms with Crippen molar-refractivity contribution in [2.45, 2.75) is 49.6 Å².